The van der Waals surface area contributed by atoms with Gasteiger partial charge in [-0.1, -0.05) is 48.5 Å². The molecule has 3 nitrogen and oxygen atoms in total. The summed E-state index contributed by atoms with van der Waals surface area (Å²) in [6.07, 6.45) is 5.82. The van der Waals surface area contributed by atoms with Crippen molar-refractivity contribution in [2.75, 3.05) is 19.6 Å². The number of likely N-dealkylation sites (tertiary alicyclic amines) is 1. The molecule has 5 heteroatoms. The van der Waals surface area contributed by atoms with Gasteiger partial charge < -0.3 is 4.90 Å². The Hall–Kier alpha value is -2.07. The highest BCUT2D eigenvalue weighted by molar-refractivity contribution is 5.95. The van der Waals surface area contributed by atoms with E-state index in [1.54, 1.807) is 0 Å². The minimum atomic E-state index is 0. The lowest BCUT2D eigenvalue weighted by Crippen LogP contribution is -2.22. The third kappa shape index (κ3) is 3.87. The Bertz CT molecular complexity index is 1100. The van der Waals surface area contributed by atoms with Crippen molar-refractivity contribution < 1.29 is 0 Å². The molecule has 0 N–H and O–H groups in total. The van der Waals surface area contributed by atoms with E-state index in [1.165, 1.54) is 53.5 Å². The minimum Gasteiger partial charge on any atom is -0.303 e. The number of fused-ring (bicyclic) bond motifs is 3. The molecule has 1 aliphatic rings. The van der Waals surface area contributed by atoms with Gasteiger partial charge in [0.2, 0.25) is 0 Å². The second kappa shape index (κ2) is 9.17. The molecular weight excluding hydrogens is 401 g/mol. The lowest BCUT2D eigenvalue weighted by atomic mass is 10.1. The fourth-order valence-electron chi connectivity index (χ4n) is 4.54. The quantitative estimate of drug-likeness (QED) is 0.401. The van der Waals surface area contributed by atoms with Crippen LogP contribution in [0.2, 0.25) is 0 Å². The summed E-state index contributed by atoms with van der Waals surface area (Å²) >= 11 is 0. The molecule has 0 atom stereocenters. The fourth-order valence-corrected chi connectivity index (χ4v) is 4.54. The predicted octanol–water partition coefficient (Wildman–Crippen LogP) is 5.94. The van der Waals surface area contributed by atoms with E-state index < -0.39 is 0 Å². The van der Waals surface area contributed by atoms with Crippen LogP contribution in [-0.4, -0.2) is 33.9 Å². The van der Waals surface area contributed by atoms with E-state index >= 15 is 0 Å². The van der Waals surface area contributed by atoms with E-state index in [0.717, 1.165) is 24.4 Å². The van der Waals surface area contributed by atoms with Crippen LogP contribution in [0.3, 0.4) is 0 Å². The highest BCUT2D eigenvalue weighted by Crippen LogP contribution is 2.33. The van der Waals surface area contributed by atoms with Gasteiger partial charge >= 0.3 is 0 Å². The first kappa shape index (κ1) is 21.6. The highest BCUT2D eigenvalue weighted by Gasteiger charge is 2.19. The summed E-state index contributed by atoms with van der Waals surface area (Å²) in [6.45, 7) is 5.83. The molecule has 0 aliphatic carbocycles. The van der Waals surface area contributed by atoms with Crippen molar-refractivity contribution in [3.05, 3.63) is 71.9 Å². The molecule has 5 rings (SSSR count). The number of aryl methyl sites for hydroxylation is 1. The molecule has 1 saturated heterocycles. The van der Waals surface area contributed by atoms with Crippen molar-refractivity contribution in [2.24, 2.45) is 0 Å². The van der Waals surface area contributed by atoms with E-state index in [4.69, 9.17) is 4.98 Å². The van der Waals surface area contributed by atoms with Crippen LogP contribution in [0.5, 0.6) is 0 Å². The Labute approximate surface area is 184 Å². The largest absolute Gasteiger partial charge is 0.303 e. The summed E-state index contributed by atoms with van der Waals surface area (Å²) in [7, 11) is 0. The maximum atomic E-state index is 4.83. The van der Waals surface area contributed by atoms with Crippen LogP contribution in [0.1, 0.15) is 24.0 Å². The number of hydrogen-bond donors (Lipinski definition) is 0. The molecule has 1 fully saturated rings. The van der Waals surface area contributed by atoms with Gasteiger partial charge in [0.25, 0.3) is 0 Å². The normalized spacial score (nSPS) is 14.1. The molecule has 0 amide bonds. The van der Waals surface area contributed by atoms with Gasteiger partial charge in [-0.2, -0.15) is 0 Å². The first-order valence-electron chi connectivity index (χ1n) is 9.98. The lowest BCUT2D eigenvalue weighted by Gasteiger charge is -2.15. The van der Waals surface area contributed by atoms with E-state index in [0.29, 0.717) is 0 Å². The van der Waals surface area contributed by atoms with Crippen molar-refractivity contribution in [3.63, 3.8) is 0 Å². The SMILES string of the molecule is Cc1cnc(-c2ccccc2)n2c1c(CCN1CCCC1)c1ccccc12.Cl.Cl. The zero-order valence-electron chi connectivity index (χ0n) is 16.7. The summed E-state index contributed by atoms with van der Waals surface area (Å²) in [4.78, 5) is 7.43. The number of para-hydroxylation sites is 1. The van der Waals surface area contributed by atoms with Gasteiger partial charge in [0.05, 0.1) is 11.0 Å². The first-order valence-corrected chi connectivity index (χ1v) is 9.98. The second-order valence-electron chi connectivity index (χ2n) is 7.61. The van der Waals surface area contributed by atoms with Crippen LogP contribution in [0.25, 0.3) is 27.8 Å². The first-order chi connectivity index (χ1) is 13.3. The van der Waals surface area contributed by atoms with Crippen LogP contribution in [0.4, 0.5) is 0 Å². The molecule has 152 valence electrons. The molecule has 0 bridgehead atoms. The monoisotopic (exact) mass is 427 g/mol. The van der Waals surface area contributed by atoms with Crippen LogP contribution in [-0.2, 0) is 6.42 Å². The molecule has 1 aliphatic heterocycles. The van der Waals surface area contributed by atoms with Gasteiger partial charge in [-0.3, -0.25) is 4.40 Å². The molecule has 0 radical (unpaired) electrons. The van der Waals surface area contributed by atoms with Crippen LogP contribution < -0.4 is 0 Å². The van der Waals surface area contributed by atoms with E-state index in [1.807, 2.05) is 6.20 Å². The van der Waals surface area contributed by atoms with Gasteiger partial charge in [-0.25, -0.2) is 4.98 Å². The van der Waals surface area contributed by atoms with Crippen molar-refractivity contribution in [2.45, 2.75) is 26.2 Å². The zero-order chi connectivity index (χ0) is 18.2. The summed E-state index contributed by atoms with van der Waals surface area (Å²) in [6, 6.07) is 19.3. The topological polar surface area (TPSA) is 20.5 Å². The van der Waals surface area contributed by atoms with E-state index in [9.17, 15) is 0 Å². The number of nitrogens with zero attached hydrogens (tertiary/aromatic N) is 3. The zero-order valence-corrected chi connectivity index (χ0v) is 18.3. The molecule has 29 heavy (non-hydrogen) atoms. The molecular formula is C24H27Cl2N3. The van der Waals surface area contributed by atoms with Crippen molar-refractivity contribution in [1.29, 1.82) is 0 Å². The van der Waals surface area contributed by atoms with Gasteiger partial charge in [-0.15, -0.1) is 24.8 Å². The number of aromatic nitrogens is 2. The number of hydrogen-bond acceptors (Lipinski definition) is 2. The number of benzene rings is 2. The molecule has 0 unspecified atom stereocenters. The van der Waals surface area contributed by atoms with Crippen LogP contribution >= 0.6 is 24.8 Å². The Morgan fingerprint density at radius 2 is 1.59 bits per heavy atom. The Morgan fingerprint density at radius 3 is 2.34 bits per heavy atom. The third-order valence-electron chi connectivity index (χ3n) is 5.85. The molecule has 0 saturated carbocycles. The maximum Gasteiger partial charge on any atom is 0.144 e. The van der Waals surface area contributed by atoms with Crippen molar-refractivity contribution in [3.8, 4) is 11.4 Å². The van der Waals surface area contributed by atoms with Crippen molar-refractivity contribution in [1.82, 2.24) is 14.3 Å². The predicted molar refractivity (Wildman–Crippen MR) is 127 cm³/mol. The average molecular weight is 428 g/mol. The van der Waals surface area contributed by atoms with Crippen LogP contribution in [0.15, 0.2) is 60.8 Å². The van der Waals surface area contributed by atoms with Gasteiger partial charge in [0.1, 0.15) is 5.82 Å². The molecule has 3 heterocycles. The third-order valence-corrected chi connectivity index (χ3v) is 5.85. The standard InChI is InChI=1S/C24H25N3.2ClH/c1-18-17-25-24(19-9-3-2-4-10-19)27-22-12-6-5-11-20(22)21(23(18)27)13-16-26-14-7-8-15-26;;/h2-6,9-12,17H,7-8,13-16H2,1H3;2*1H. The average Bonchev–Trinajstić information content (AvgIpc) is 3.34. The minimum absolute atomic E-state index is 0. The lowest BCUT2D eigenvalue weighted by molar-refractivity contribution is 0.344. The fraction of sp³-hybridized carbons (Fsp3) is 0.292. The van der Waals surface area contributed by atoms with Gasteiger partial charge in [0.15, 0.2) is 0 Å². The second-order valence-corrected chi connectivity index (χ2v) is 7.61. The Morgan fingerprint density at radius 1 is 0.897 bits per heavy atom. The smallest absolute Gasteiger partial charge is 0.144 e. The number of halogens is 2. The van der Waals surface area contributed by atoms with E-state index in [2.05, 4.69) is 70.8 Å². The van der Waals surface area contributed by atoms with E-state index in [-0.39, 0.29) is 24.8 Å². The van der Waals surface area contributed by atoms with Crippen LogP contribution in [0, 0.1) is 6.92 Å². The summed E-state index contributed by atoms with van der Waals surface area (Å²) in [5.41, 5.74) is 6.48. The summed E-state index contributed by atoms with van der Waals surface area (Å²) in [5.74, 6) is 1.03. The molecule has 2 aromatic carbocycles. The molecule has 0 spiro atoms. The maximum absolute atomic E-state index is 4.83. The van der Waals surface area contributed by atoms with Crippen molar-refractivity contribution >= 4 is 41.2 Å². The molecule has 4 aromatic rings. The summed E-state index contributed by atoms with van der Waals surface area (Å²) < 4.78 is 2.37. The molecule has 2 aromatic heterocycles. The highest BCUT2D eigenvalue weighted by atomic mass is 35.5. The summed E-state index contributed by atoms with van der Waals surface area (Å²) in [5, 5.41) is 1.37. The van der Waals surface area contributed by atoms with Gasteiger partial charge in [0, 0.05) is 23.7 Å². The van der Waals surface area contributed by atoms with Gasteiger partial charge in [-0.05, 0) is 56.5 Å². The number of rotatable bonds is 4. The Kier molecular flexibility index (Phi) is 6.84. The Balaban J connectivity index is 0.00000120.